The van der Waals surface area contributed by atoms with Gasteiger partial charge in [-0.05, 0) is 31.3 Å². The van der Waals surface area contributed by atoms with E-state index >= 15 is 0 Å². The summed E-state index contributed by atoms with van der Waals surface area (Å²) in [5.74, 6) is 5.55. The molecular formula is C16H15NO3. The van der Waals surface area contributed by atoms with Crippen molar-refractivity contribution >= 4 is 5.97 Å². The van der Waals surface area contributed by atoms with Crippen LogP contribution >= 0.6 is 0 Å². The molecule has 2 rings (SSSR count). The Labute approximate surface area is 117 Å². The van der Waals surface area contributed by atoms with Crippen LogP contribution in [0, 0.1) is 11.8 Å². The Balaban J connectivity index is 2.10. The van der Waals surface area contributed by atoms with Crippen molar-refractivity contribution in [1.29, 1.82) is 0 Å². The maximum absolute atomic E-state index is 10.8. The minimum atomic E-state index is -1.07. The van der Waals surface area contributed by atoms with Gasteiger partial charge in [-0.2, -0.15) is 0 Å². The molecule has 0 fully saturated rings. The maximum Gasteiger partial charge on any atom is 0.371 e. The summed E-state index contributed by atoms with van der Waals surface area (Å²) in [5, 5.41) is 11.8. The van der Waals surface area contributed by atoms with Crippen LogP contribution < -0.4 is 5.32 Å². The first kappa shape index (κ1) is 13.9. The van der Waals surface area contributed by atoms with Gasteiger partial charge in [-0.25, -0.2) is 4.79 Å². The topological polar surface area (TPSA) is 62.5 Å². The zero-order valence-corrected chi connectivity index (χ0v) is 11.1. The zero-order chi connectivity index (χ0) is 14.4. The number of nitrogens with one attached hydrogen (secondary N) is 1. The number of aromatic carboxylic acids is 1. The molecule has 4 heteroatoms. The third-order valence-electron chi connectivity index (χ3n) is 2.72. The Morgan fingerprint density at radius 1 is 1.25 bits per heavy atom. The minimum absolute atomic E-state index is 0.0593. The van der Waals surface area contributed by atoms with E-state index in [1.807, 2.05) is 31.3 Å². The largest absolute Gasteiger partial charge is 0.475 e. The number of furan rings is 1. The average molecular weight is 269 g/mol. The number of carboxylic acids is 1. The van der Waals surface area contributed by atoms with Gasteiger partial charge in [0, 0.05) is 24.1 Å². The summed E-state index contributed by atoms with van der Waals surface area (Å²) in [6, 6.07) is 10.6. The predicted octanol–water partition coefficient (Wildman–Crippen LogP) is 2.61. The van der Waals surface area contributed by atoms with Crippen molar-refractivity contribution in [2.45, 2.75) is 6.42 Å². The van der Waals surface area contributed by atoms with Crippen LogP contribution in [-0.4, -0.2) is 24.7 Å². The molecule has 0 saturated heterocycles. The summed E-state index contributed by atoms with van der Waals surface area (Å²) in [4.78, 5) is 10.8. The lowest BCUT2D eigenvalue weighted by Crippen LogP contribution is -2.05. The fraction of sp³-hybridized carbons (Fsp3) is 0.188. The summed E-state index contributed by atoms with van der Waals surface area (Å²) in [6.45, 7) is 0.870. The number of benzene rings is 1. The standard InChI is InChI=1S/C16H15NO3/c1-17-11-3-2-4-12-5-7-13(8-6-12)14-9-10-15(20-14)16(18)19/h5-10,17H,3,11H2,1H3,(H,18,19). The highest BCUT2D eigenvalue weighted by atomic mass is 16.4. The lowest BCUT2D eigenvalue weighted by atomic mass is 10.1. The molecule has 1 aromatic carbocycles. The van der Waals surface area contributed by atoms with Gasteiger partial charge >= 0.3 is 5.97 Å². The average Bonchev–Trinajstić information content (AvgIpc) is 2.94. The van der Waals surface area contributed by atoms with E-state index in [0.717, 1.165) is 24.1 Å². The molecule has 0 aliphatic rings. The fourth-order valence-electron chi connectivity index (χ4n) is 1.68. The van der Waals surface area contributed by atoms with E-state index in [4.69, 9.17) is 9.52 Å². The van der Waals surface area contributed by atoms with Crippen molar-refractivity contribution < 1.29 is 14.3 Å². The van der Waals surface area contributed by atoms with Gasteiger partial charge in [0.25, 0.3) is 0 Å². The second-order valence-corrected chi connectivity index (χ2v) is 4.20. The number of carboxylic acid groups (broad SMARTS) is 1. The molecular weight excluding hydrogens is 254 g/mol. The zero-order valence-electron chi connectivity index (χ0n) is 11.1. The van der Waals surface area contributed by atoms with Crippen LogP contribution in [0.5, 0.6) is 0 Å². The molecule has 0 unspecified atom stereocenters. The summed E-state index contributed by atoms with van der Waals surface area (Å²) in [5.41, 5.74) is 1.76. The van der Waals surface area contributed by atoms with Crippen molar-refractivity contribution in [3.05, 3.63) is 47.7 Å². The highest BCUT2D eigenvalue weighted by Crippen LogP contribution is 2.22. The summed E-state index contributed by atoms with van der Waals surface area (Å²) in [7, 11) is 1.89. The second-order valence-electron chi connectivity index (χ2n) is 4.20. The molecule has 0 saturated carbocycles. The molecule has 0 radical (unpaired) electrons. The van der Waals surface area contributed by atoms with Crippen LogP contribution in [-0.2, 0) is 0 Å². The summed E-state index contributed by atoms with van der Waals surface area (Å²) in [6.07, 6.45) is 0.804. The highest BCUT2D eigenvalue weighted by molar-refractivity contribution is 5.85. The molecule has 2 aromatic rings. The Kier molecular flexibility index (Phi) is 4.59. The van der Waals surface area contributed by atoms with Gasteiger partial charge in [-0.1, -0.05) is 24.0 Å². The van der Waals surface area contributed by atoms with Gasteiger partial charge in [0.1, 0.15) is 5.76 Å². The van der Waals surface area contributed by atoms with Crippen LogP contribution in [0.15, 0.2) is 40.8 Å². The lowest BCUT2D eigenvalue weighted by Gasteiger charge is -1.97. The highest BCUT2D eigenvalue weighted by Gasteiger charge is 2.09. The lowest BCUT2D eigenvalue weighted by molar-refractivity contribution is 0.0663. The van der Waals surface area contributed by atoms with E-state index < -0.39 is 5.97 Å². The molecule has 1 aromatic heterocycles. The van der Waals surface area contributed by atoms with Crippen molar-refractivity contribution in [1.82, 2.24) is 5.32 Å². The molecule has 102 valence electrons. The molecule has 0 atom stereocenters. The third kappa shape index (κ3) is 3.50. The molecule has 20 heavy (non-hydrogen) atoms. The van der Waals surface area contributed by atoms with E-state index in [1.165, 1.54) is 6.07 Å². The number of carbonyl (C=O) groups is 1. The minimum Gasteiger partial charge on any atom is -0.475 e. The van der Waals surface area contributed by atoms with Crippen molar-refractivity contribution in [2.75, 3.05) is 13.6 Å². The van der Waals surface area contributed by atoms with E-state index in [0.29, 0.717) is 5.76 Å². The van der Waals surface area contributed by atoms with Crippen LogP contribution in [0.2, 0.25) is 0 Å². The third-order valence-corrected chi connectivity index (χ3v) is 2.72. The molecule has 0 amide bonds. The molecule has 4 nitrogen and oxygen atoms in total. The van der Waals surface area contributed by atoms with Crippen molar-refractivity contribution in [2.24, 2.45) is 0 Å². The van der Waals surface area contributed by atoms with Crippen LogP contribution in [0.4, 0.5) is 0 Å². The fourth-order valence-corrected chi connectivity index (χ4v) is 1.68. The Morgan fingerprint density at radius 2 is 2.00 bits per heavy atom. The second kappa shape index (κ2) is 6.60. The number of hydrogen-bond acceptors (Lipinski definition) is 3. The van der Waals surface area contributed by atoms with Gasteiger partial charge in [0.2, 0.25) is 5.76 Å². The Hall–Kier alpha value is -2.51. The number of hydrogen-bond donors (Lipinski definition) is 2. The molecule has 0 aliphatic carbocycles. The van der Waals surface area contributed by atoms with Crippen LogP contribution in [0.3, 0.4) is 0 Å². The molecule has 2 N–H and O–H groups in total. The molecule has 1 heterocycles. The quantitative estimate of drug-likeness (QED) is 0.661. The van der Waals surface area contributed by atoms with Gasteiger partial charge in [0.05, 0.1) is 0 Å². The van der Waals surface area contributed by atoms with Crippen molar-refractivity contribution in [3.8, 4) is 23.2 Å². The van der Waals surface area contributed by atoms with E-state index in [-0.39, 0.29) is 5.76 Å². The van der Waals surface area contributed by atoms with Gasteiger partial charge in [-0.3, -0.25) is 0 Å². The van der Waals surface area contributed by atoms with E-state index in [2.05, 4.69) is 17.2 Å². The Bertz CT molecular complexity index is 644. The van der Waals surface area contributed by atoms with E-state index in [9.17, 15) is 4.79 Å². The van der Waals surface area contributed by atoms with Crippen molar-refractivity contribution in [3.63, 3.8) is 0 Å². The first-order valence-electron chi connectivity index (χ1n) is 6.28. The molecule has 0 aliphatic heterocycles. The van der Waals surface area contributed by atoms with Crippen LogP contribution in [0.25, 0.3) is 11.3 Å². The smallest absolute Gasteiger partial charge is 0.371 e. The van der Waals surface area contributed by atoms with Crippen LogP contribution in [0.1, 0.15) is 22.5 Å². The first-order chi connectivity index (χ1) is 9.70. The first-order valence-corrected chi connectivity index (χ1v) is 6.28. The maximum atomic E-state index is 10.8. The van der Waals surface area contributed by atoms with Gasteiger partial charge < -0.3 is 14.8 Å². The summed E-state index contributed by atoms with van der Waals surface area (Å²) < 4.78 is 5.24. The van der Waals surface area contributed by atoms with Gasteiger partial charge in [0.15, 0.2) is 0 Å². The SMILES string of the molecule is CNCCC#Cc1ccc(-c2ccc(C(=O)O)o2)cc1. The summed E-state index contributed by atoms with van der Waals surface area (Å²) >= 11 is 0. The van der Waals surface area contributed by atoms with Gasteiger partial charge in [-0.15, -0.1) is 0 Å². The Morgan fingerprint density at radius 3 is 2.60 bits per heavy atom. The number of rotatable bonds is 4. The van der Waals surface area contributed by atoms with E-state index in [1.54, 1.807) is 6.07 Å². The molecule has 0 bridgehead atoms. The predicted molar refractivity (Wildman–Crippen MR) is 76.5 cm³/mol. The normalized spacial score (nSPS) is 9.85. The molecule has 0 spiro atoms. The monoisotopic (exact) mass is 269 g/mol.